The van der Waals surface area contributed by atoms with Crippen LogP contribution in [0.15, 0.2) is 47.5 Å². The van der Waals surface area contributed by atoms with Crippen molar-refractivity contribution in [2.45, 2.75) is 45.3 Å². The zero-order valence-corrected chi connectivity index (χ0v) is 21.5. The second kappa shape index (κ2) is 12.7. The molecule has 0 aromatic heterocycles. The molecule has 2 unspecified atom stereocenters. The molecule has 0 radical (unpaired) electrons. The predicted molar refractivity (Wildman–Crippen MR) is 139 cm³/mol. The molecular weight excluding hydrogens is 539 g/mol. The molecule has 9 heteroatoms. The van der Waals surface area contributed by atoms with Gasteiger partial charge in [-0.25, -0.2) is 8.78 Å². The van der Waals surface area contributed by atoms with Crippen molar-refractivity contribution >= 4 is 41.5 Å². The van der Waals surface area contributed by atoms with Crippen LogP contribution in [0.2, 0.25) is 0 Å². The van der Waals surface area contributed by atoms with Crippen molar-refractivity contribution in [3.8, 4) is 0 Å². The minimum Gasteiger partial charge on any atom is -0.367 e. The van der Waals surface area contributed by atoms with Gasteiger partial charge in [-0.1, -0.05) is 19.1 Å². The van der Waals surface area contributed by atoms with Crippen molar-refractivity contribution in [3.63, 3.8) is 0 Å². The number of carbonyl (C=O) groups is 1. The number of guanidine groups is 1. The predicted octanol–water partition coefficient (Wildman–Crippen LogP) is 4.06. The van der Waals surface area contributed by atoms with E-state index in [9.17, 15) is 13.6 Å². The number of nitrogens with zero attached hydrogens (tertiary/aromatic N) is 2. The molecule has 0 spiro atoms. The highest BCUT2D eigenvalue weighted by atomic mass is 127. The Morgan fingerprint density at radius 2 is 1.94 bits per heavy atom. The zero-order valence-electron chi connectivity index (χ0n) is 19.2. The van der Waals surface area contributed by atoms with Gasteiger partial charge in [-0.15, -0.1) is 24.0 Å². The Hall–Kier alpha value is -2.43. The molecule has 0 bridgehead atoms. The third kappa shape index (κ3) is 7.55. The first-order valence-corrected chi connectivity index (χ1v) is 11.0. The lowest BCUT2D eigenvalue weighted by atomic mass is 10.1. The summed E-state index contributed by atoms with van der Waals surface area (Å²) in [6.45, 7) is 5.84. The van der Waals surface area contributed by atoms with Crippen LogP contribution in [0.3, 0.4) is 0 Å². The number of carbonyl (C=O) groups excluding carboxylic acids is 1. The fraction of sp³-hybridized carbons (Fsp3) is 0.417. The monoisotopic (exact) mass is 571 g/mol. The molecule has 1 aliphatic rings. The first-order valence-electron chi connectivity index (χ1n) is 11.0. The van der Waals surface area contributed by atoms with E-state index in [1.807, 2.05) is 43.0 Å². The van der Waals surface area contributed by atoms with Crippen LogP contribution in [-0.4, -0.2) is 44.1 Å². The Morgan fingerprint density at radius 1 is 1.21 bits per heavy atom. The number of amides is 1. The first kappa shape index (κ1) is 26.8. The summed E-state index contributed by atoms with van der Waals surface area (Å²) in [5.74, 6) is -0.543. The van der Waals surface area contributed by atoms with Crippen molar-refractivity contribution in [2.75, 3.05) is 25.0 Å². The lowest BCUT2D eigenvalue weighted by Crippen LogP contribution is -2.44. The SMILES string of the molecule is CCC(C)NC(=O)c1ccc(CNC(=NC)NC2CCN(c3ccc(F)cc3F)C2)cc1.I. The number of hydrogen-bond acceptors (Lipinski definition) is 3. The summed E-state index contributed by atoms with van der Waals surface area (Å²) in [6.07, 6.45) is 1.70. The van der Waals surface area contributed by atoms with Crippen molar-refractivity contribution in [3.05, 3.63) is 65.2 Å². The van der Waals surface area contributed by atoms with E-state index in [4.69, 9.17) is 0 Å². The van der Waals surface area contributed by atoms with Gasteiger partial charge in [0.15, 0.2) is 5.96 Å². The minimum atomic E-state index is -0.575. The number of benzene rings is 2. The van der Waals surface area contributed by atoms with Gasteiger partial charge < -0.3 is 20.9 Å². The first-order chi connectivity index (χ1) is 15.4. The summed E-state index contributed by atoms with van der Waals surface area (Å²) in [7, 11) is 1.70. The summed E-state index contributed by atoms with van der Waals surface area (Å²) < 4.78 is 27.2. The molecule has 1 aliphatic heterocycles. The van der Waals surface area contributed by atoms with Gasteiger partial charge in [-0.05, 0) is 49.6 Å². The number of anilines is 1. The zero-order chi connectivity index (χ0) is 23.1. The van der Waals surface area contributed by atoms with E-state index >= 15 is 0 Å². The molecule has 1 heterocycles. The smallest absolute Gasteiger partial charge is 0.251 e. The molecule has 1 fully saturated rings. The lowest BCUT2D eigenvalue weighted by Gasteiger charge is -2.21. The Kier molecular flexibility index (Phi) is 10.3. The number of aliphatic imine (C=N–C) groups is 1. The molecule has 2 aromatic rings. The standard InChI is InChI=1S/C24H31F2N5O.HI/c1-4-16(2)29-23(32)18-7-5-17(6-8-18)14-28-24(27-3)30-20-11-12-31(15-20)22-10-9-19(25)13-21(22)26;/h5-10,13,16,20H,4,11-12,14-15H2,1-3H3,(H,29,32)(H2,27,28,30);1H. The summed E-state index contributed by atoms with van der Waals surface area (Å²) in [5, 5.41) is 9.59. The van der Waals surface area contributed by atoms with E-state index in [-0.39, 0.29) is 42.0 Å². The maximum atomic E-state index is 14.1. The van der Waals surface area contributed by atoms with Crippen LogP contribution in [-0.2, 0) is 6.54 Å². The average Bonchev–Trinajstić information content (AvgIpc) is 3.24. The molecule has 0 aliphatic carbocycles. The molecule has 1 amide bonds. The largest absolute Gasteiger partial charge is 0.367 e. The van der Waals surface area contributed by atoms with E-state index in [1.165, 1.54) is 12.1 Å². The molecular formula is C24H32F2IN5O. The summed E-state index contributed by atoms with van der Waals surface area (Å²) in [4.78, 5) is 18.4. The van der Waals surface area contributed by atoms with E-state index in [0.717, 1.165) is 24.5 Å². The van der Waals surface area contributed by atoms with Gasteiger partial charge in [0.2, 0.25) is 0 Å². The molecule has 3 N–H and O–H groups in total. The van der Waals surface area contributed by atoms with E-state index in [2.05, 4.69) is 20.9 Å². The fourth-order valence-corrected chi connectivity index (χ4v) is 3.59. The van der Waals surface area contributed by atoms with E-state index in [1.54, 1.807) is 7.05 Å². The number of halogens is 3. The average molecular weight is 571 g/mol. The van der Waals surface area contributed by atoms with Crippen molar-refractivity contribution < 1.29 is 13.6 Å². The van der Waals surface area contributed by atoms with Gasteiger partial charge in [-0.3, -0.25) is 9.79 Å². The van der Waals surface area contributed by atoms with Crippen LogP contribution in [0.1, 0.15) is 42.6 Å². The minimum absolute atomic E-state index is 0. The number of rotatable bonds is 7. The quantitative estimate of drug-likeness (QED) is 0.267. The summed E-state index contributed by atoms with van der Waals surface area (Å²) >= 11 is 0. The van der Waals surface area contributed by atoms with Crippen LogP contribution in [0.5, 0.6) is 0 Å². The molecule has 0 saturated carbocycles. The molecule has 1 saturated heterocycles. The summed E-state index contributed by atoms with van der Waals surface area (Å²) in [5.41, 5.74) is 2.07. The summed E-state index contributed by atoms with van der Waals surface area (Å²) in [6, 6.07) is 11.4. The fourth-order valence-electron chi connectivity index (χ4n) is 3.59. The third-order valence-electron chi connectivity index (χ3n) is 5.67. The Balaban J connectivity index is 0.00000385. The highest BCUT2D eigenvalue weighted by molar-refractivity contribution is 14.0. The van der Waals surface area contributed by atoms with Crippen molar-refractivity contribution in [1.29, 1.82) is 0 Å². The third-order valence-corrected chi connectivity index (χ3v) is 5.67. The Labute approximate surface area is 211 Å². The molecule has 2 atom stereocenters. The van der Waals surface area contributed by atoms with Crippen LogP contribution < -0.4 is 20.9 Å². The molecule has 3 rings (SSSR count). The van der Waals surface area contributed by atoms with Gasteiger partial charge in [0.05, 0.1) is 5.69 Å². The van der Waals surface area contributed by atoms with Crippen molar-refractivity contribution in [1.82, 2.24) is 16.0 Å². The van der Waals surface area contributed by atoms with Gasteiger partial charge in [0.1, 0.15) is 11.6 Å². The molecule has 6 nitrogen and oxygen atoms in total. The van der Waals surface area contributed by atoms with Crippen LogP contribution >= 0.6 is 24.0 Å². The lowest BCUT2D eigenvalue weighted by molar-refractivity contribution is 0.0939. The molecule has 180 valence electrons. The van der Waals surface area contributed by atoms with E-state index < -0.39 is 11.6 Å². The van der Waals surface area contributed by atoms with Crippen LogP contribution in [0.4, 0.5) is 14.5 Å². The number of nitrogens with one attached hydrogen (secondary N) is 3. The Bertz CT molecular complexity index is 954. The highest BCUT2D eigenvalue weighted by Gasteiger charge is 2.25. The van der Waals surface area contributed by atoms with Gasteiger partial charge in [-0.2, -0.15) is 0 Å². The second-order valence-electron chi connectivity index (χ2n) is 8.08. The van der Waals surface area contributed by atoms with Crippen LogP contribution in [0, 0.1) is 11.6 Å². The van der Waals surface area contributed by atoms with E-state index in [0.29, 0.717) is 36.8 Å². The maximum Gasteiger partial charge on any atom is 0.251 e. The topological polar surface area (TPSA) is 68.8 Å². The van der Waals surface area contributed by atoms with Crippen LogP contribution in [0.25, 0.3) is 0 Å². The molecule has 2 aromatic carbocycles. The number of hydrogen-bond donors (Lipinski definition) is 3. The highest BCUT2D eigenvalue weighted by Crippen LogP contribution is 2.24. The molecule has 33 heavy (non-hydrogen) atoms. The van der Waals surface area contributed by atoms with Gasteiger partial charge in [0.25, 0.3) is 5.91 Å². The second-order valence-corrected chi connectivity index (χ2v) is 8.08. The van der Waals surface area contributed by atoms with Gasteiger partial charge in [0, 0.05) is 50.4 Å². The van der Waals surface area contributed by atoms with Crippen molar-refractivity contribution in [2.24, 2.45) is 4.99 Å². The normalized spacial score (nSPS) is 16.7. The maximum absolute atomic E-state index is 14.1. The van der Waals surface area contributed by atoms with Gasteiger partial charge >= 0.3 is 0 Å². The Morgan fingerprint density at radius 3 is 2.58 bits per heavy atom.